The van der Waals surface area contributed by atoms with Crippen molar-refractivity contribution in [2.24, 2.45) is 5.73 Å². The molecular weight excluding hydrogens is 458 g/mol. The highest BCUT2D eigenvalue weighted by atomic mass is 32.2. The molecule has 3 N–H and O–H groups in total. The molecule has 33 heavy (non-hydrogen) atoms. The number of nitrogens with zero attached hydrogens (tertiary/aromatic N) is 1. The van der Waals surface area contributed by atoms with Crippen LogP contribution < -0.4 is 11.1 Å². The van der Waals surface area contributed by atoms with E-state index < -0.39 is 16.4 Å². The number of methoxy groups -OCH3 is 1. The van der Waals surface area contributed by atoms with Crippen LogP contribution in [0.2, 0.25) is 0 Å². The first-order valence-electron chi connectivity index (χ1n) is 11.6. The van der Waals surface area contributed by atoms with E-state index in [1.807, 2.05) is 43.5 Å². The topological polar surface area (TPSA) is 93.9 Å². The molecule has 1 amide bonds. The van der Waals surface area contributed by atoms with Gasteiger partial charge in [0.1, 0.15) is 0 Å². The van der Waals surface area contributed by atoms with Crippen molar-refractivity contribution in [2.45, 2.75) is 75.1 Å². The molecule has 0 radical (unpaired) electrons. The van der Waals surface area contributed by atoms with Gasteiger partial charge in [0.2, 0.25) is 11.6 Å². The van der Waals surface area contributed by atoms with Crippen LogP contribution in [0.25, 0.3) is 0 Å². The maximum atomic E-state index is 13.5. The summed E-state index contributed by atoms with van der Waals surface area (Å²) in [5, 5.41) is 4.05. The van der Waals surface area contributed by atoms with Crippen molar-refractivity contribution in [1.29, 1.82) is 0 Å². The number of ether oxygens (including phenoxy) is 1. The summed E-state index contributed by atoms with van der Waals surface area (Å²) in [5.41, 5.74) is 5.84. The first-order valence-corrected chi connectivity index (χ1v) is 13.3. The van der Waals surface area contributed by atoms with Crippen molar-refractivity contribution in [3.63, 3.8) is 0 Å². The summed E-state index contributed by atoms with van der Waals surface area (Å²) in [6, 6.07) is 9.68. The van der Waals surface area contributed by atoms with Gasteiger partial charge in [0.15, 0.2) is 0 Å². The summed E-state index contributed by atoms with van der Waals surface area (Å²) < 4.78 is 3.88. The third-order valence-corrected chi connectivity index (χ3v) is 7.46. The Morgan fingerprint density at radius 3 is 2.42 bits per heavy atom. The summed E-state index contributed by atoms with van der Waals surface area (Å²) in [6.07, 6.45) is 6.09. The molecule has 0 aromatic heterocycles. The van der Waals surface area contributed by atoms with E-state index >= 15 is 0 Å². The maximum absolute atomic E-state index is 13.5. The van der Waals surface area contributed by atoms with E-state index in [4.69, 9.17) is 27.9 Å². The van der Waals surface area contributed by atoms with E-state index in [1.54, 1.807) is 6.92 Å². The number of benzene rings is 1. The standard InChI is InChI=1S/C24H41N3O4S2/c1-6-8-12-18-31-27(20(28)16-15-19-13-10-9-11-14-19)24(25,22(29)30-4)23(3,32)21(33-5)26-17-7-2/h9-11,13-14,21,26,32H,6-8,12,15-18,25H2,1-5H3/t21?,23-,24-/m1/s1. The Bertz CT molecular complexity index is 721. The molecule has 3 atom stereocenters. The first-order chi connectivity index (χ1) is 15.7. The molecule has 0 saturated carbocycles. The first kappa shape index (κ1) is 29.8. The lowest BCUT2D eigenvalue weighted by atomic mass is 9.91. The molecule has 0 heterocycles. The molecule has 1 rings (SSSR count). The molecule has 7 nitrogen and oxygen atoms in total. The van der Waals surface area contributed by atoms with Gasteiger partial charge in [-0.2, -0.15) is 17.7 Å². The van der Waals surface area contributed by atoms with Gasteiger partial charge in [0.05, 0.1) is 23.8 Å². The molecule has 0 aliphatic rings. The van der Waals surface area contributed by atoms with E-state index in [2.05, 4.69) is 12.2 Å². The van der Waals surface area contributed by atoms with Crippen molar-refractivity contribution in [3.05, 3.63) is 35.9 Å². The highest BCUT2D eigenvalue weighted by molar-refractivity contribution is 8.00. The zero-order chi connectivity index (χ0) is 24.9. The number of carbonyl (C=O) groups is 2. The summed E-state index contributed by atoms with van der Waals surface area (Å²) >= 11 is 6.33. The number of esters is 1. The van der Waals surface area contributed by atoms with Crippen molar-refractivity contribution >= 4 is 36.3 Å². The lowest BCUT2D eigenvalue weighted by Gasteiger charge is -2.49. The third-order valence-electron chi connectivity index (χ3n) is 5.58. The van der Waals surface area contributed by atoms with E-state index in [1.165, 1.54) is 18.9 Å². The van der Waals surface area contributed by atoms with Gasteiger partial charge >= 0.3 is 5.97 Å². The van der Waals surface area contributed by atoms with Gasteiger partial charge in [-0.25, -0.2) is 4.79 Å². The second-order valence-corrected chi connectivity index (χ2v) is 10.1. The Labute approximate surface area is 208 Å². The second-order valence-electron chi connectivity index (χ2n) is 8.19. The van der Waals surface area contributed by atoms with Gasteiger partial charge in [-0.15, -0.1) is 11.8 Å². The fourth-order valence-electron chi connectivity index (χ4n) is 3.51. The van der Waals surface area contributed by atoms with Gasteiger partial charge in [-0.1, -0.05) is 57.0 Å². The van der Waals surface area contributed by atoms with Gasteiger partial charge in [0.25, 0.3) is 0 Å². The van der Waals surface area contributed by atoms with Gasteiger partial charge in [-0.3, -0.25) is 15.4 Å². The van der Waals surface area contributed by atoms with Crippen LogP contribution in [0, 0.1) is 0 Å². The Morgan fingerprint density at radius 1 is 1.21 bits per heavy atom. The van der Waals surface area contributed by atoms with E-state index in [0.29, 0.717) is 13.0 Å². The van der Waals surface area contributed by atoms with Crippen LogP contribution in [0.4, 0.5) is 0 Å². The van der Waals surface area contributed by atoms with Crippen LogP contribution in [-0.4, -0.2) is 59.2 Å². The fraction of sp³-hybridized carbons (Fsp3) is 0.667. The molecular formula is C24H41N3O4S2. The average Bonchev–Trinajstić information content (AvgIpc) is 2.82. The van der Waals surface area contributed by atoms with Gasteiger partial charge in [0, 0.05) is 6.42 Å². The lowest BCUT2D eigenvalue weighted by Crippen LogP contribution is -2.76. The smallest absolute Gasteiger partial charge is 0.350 e. The second kappa shape index (κ2) is 14.9. The van der Waals surface area contributed by atoms with Crippen molar-refractivity contribution in [2.75, 3.05) is 26.5 Å². The number of hydrogen-bond acceptors (Lipinski definition) is 8. The Balaban J connectivity index is 3.33. The molecule has 1 aromatic rings. The highest BCUT2D eigenvalue weighted by Crippen LogP contribution is 2.39. The highest BCUT2D eigenvalue weighted by Gasteiger charge is 2.60. The quantitative estimate of drug-likeness (QED) is 0.105. The van der Waals surface area contributed by atoms with Crippen molar-refractivity contribution < 1.29 is 19.2 Å². The predicted octanol–water partition coefficient (Wildman–Crippen LogP) is 3.77. The fourth-order valence-corrected chi connectivity index (χ4v) is 5.03. The van der Waals surface area contributed by atoms with Crippen LogP contribution in [0.1, 0.15) is 58.4 Å². The molecule has 0 spiro atoms. The molecule has 1 unspecified atom stereocenters. The number of hydroxylamine groups is 2. The number of thiol groups is 1. The SMILES string of the molecule is CCCCCON(C(=O)CCc1ccccc1)[C@](N)(C(=O)OC)[C@](C)(S)C(NCCC)SC. The molecule has 188 valence electrons. The van der Waals surface area contributed by atoms with Crippen LogP contribution in [0.15, 0.2) is 30.3 Å². The number of thioether (sulfide) groups is 1. The van der Waals surface area contributed by atoms with Crippen LogP contribution in [-0.2, 0) is 25.6 Å². The molecule has 9 heteroatoms. The molecule has 0 aliphatic carbocycles. The number of carbonyl (C=O) groups excluding carboxylic acids is 2. The van der Waals surface area contributed by atoms with Crippen molar-refractivity contribution in [3.8, 4) is 0 Å². The Morgan fingerprint density at radius 2 is 1.88 bits per heavy atom. The largest absolute Gasteiger partial charge is 0.466 e. The minimum absolute atomic E-state index is 0.129. The summed E-state index contributed by atoms with van der Waals surface area (Å²) in [6.45, 7) is 6.84. The summed E-state index contributed by atoms with van der Waals surface area (Å²) in [4.78, 5) is 32.6. The molecule has 0 aliphatic heterocycles. The van der Waals surface area contributed by atoms with Crippen molar-refractivity contribution in [1.82, 2.24) is 10.4 Å². The molecule has 0 fully saturated rings. The summed E-state index contributed by atoms with van der Waals surface area (Å²) in [7, 11) is 1.26. The van der Waals surface area contributed by atoms with E-state index in [9.17, 15) is 9.59 Å². The minimum Gasteiger partial charge on any atom is -0.466 e. The third kappa shape index (κ3) is 7.89. The van der Waals surface area contributed by atoms with E-state index in [0.717, 1.165) is 36.3 Å². The minimum atomic E-state index is -1.96. The zero-order valence-electron chi connectivity index (χ0n) is 20.6. The van der Waals surface area contributed by atoms with E-state index in [-0.39, 0.29) is 24.3 Å². The molecule has 1 aromatic carbocycles. The molecule has 0 saturated heterocycles. The van der Waals surface area contributed by atoms with Gasteiger partial charge < -0.3 is 10.1 Å². The Kier molecular flexibility index (Phi) is 13.4. The number of hydrogen-bond donors (Lipinski definition) is 3. The number of nitrogens with two attached hydrogens (primary N) is 1. The number of amides is 1. The lowest BCUT2D eigenvalue weighted by molar-refractivity contribution is -0.235. The van der Waals surface area contributed by atoms with Crippen LogP contribution in [0.3, 0.4) is 0 Å². The number of unbranched alkanes of at least 4 members (excludes halogenated alkanes) is 2. The zero-order valence-corrected chi connectivity index (χ0v) is 22.3. The average molecular weight is 500 g/mol. The number of aryl methyl sites for hydroxylation is 1. The monoisotopic (exact) mass is 499 g/mol. The summed E-state index contributed by atoms with van der Waals surface area (Å²) in [5.74, 6) is -1.17. The van der Waals surface area contributed by atoms with Gasteiger partial charge in [-0.05, 0) is 44.6 Å². The maximum Gasteiger partial charge on any atom is 0.350 e. The number of nitrogens with one attached hydrogen (secondary N) is 1. The predicted molar refractivity (Wildman–Crippen MR) is 139 cm³/mol. The van der Waals surface area contributed by atoms with Crippen LogP contribution in [0.5, 0.6) is 0 Å². The Hall–Kier alpha value is -1.26. The van der Waals surface area contributed by atoms with Crippen LogP contribution >= 0.6 is 24.4 Å². The molecule has 0 bridgehead atoms. The normalized spacial score (nSPS) is 15.8. The number of rotatable bonds is 16.